The van der Waals surface area contributed by atoms with E-state index in [1.54, 1.807) is 13.8 Å². The molecule has 2 aliphatic rings. The van der Waals surface area contributed by atoms with Gasteiger partial charge in [-0.3, -0.25) is 14.4 Å². The summed E-state index contributed by atoms with van der Waals surface area (Å²) in [4.78, 5) is 40.5. The Labute approximate surface area is 244 Å². The second kappa shape index (κ2) is 13.5. The molecule has 0 spiro atoms. The van der Waals surface area contributed by atoms with E-state index < -0.39 is 35.1 Å². The number of allylic oxidation sites excluding steroid dienone is 7. The molecule has 0 saturated heterocycles. The Morgan fingerprint density at radius 3 is 2.29 bits per heavy atom. The number of hydrogen-bond donors (Lipinski definition) is 2. The molecule has 1 aliphatic carbocycles. The monoisotopic (exact) mass is 562 g/mol. The molecule has 3 rings (SSSR count). The smallest absolute Gasteiger partial charge is 0.304 e. The van der Waals surface area contributed by atoms with Crippen LogP contribution >= 0.6 is 0 Å². The Morgan fingerprint density at radius 1 is 1.05 bits per heavy atom. The molecule has 222 valence electrons. The molecule has 6 nitrogen and oxygen atoms in total. The SMILES string of the molecule is CC(C)=CCC=C(C)CC[C@]1(CCC(C)C)C(=O)C2=C(O[C@H](C)[C@@H](C)C2=O)C([C@H](CC(=O)O)c2ccccc2)=C1O. The molecule has 0 fully saturated rings. The maximum absolute atomic E-state index is 14.5. The minimum atomic E-state index is -1.35. The van der Waals surface area contributed by atoms with E-state index in [1.165, 1.54) is 5.57 Å². The highest BCUT2D eigenvalue weighted by molar-refractivity contribution is 6.25. The van der Waals surface area contributed by atoms with Crippen LogP contribution in [0.5, 0.6) is 0 Å². The fourth-order valence-electron chi connectivity index (χ4n) is 5.73. The summed E-state index contributed by atoms with van der Waals surface area (Å²) < 4.78 is 6.24. The Balaban J connectivity index is 2.28. The quantitative estimate of drug-likeness (QED) is 0.198. The van der Waals surface area contributed by atoms with Gasteiger partial charge >= 0.3 is 5.97 Å². The first-order chi connectivity index (χ1) is 19.3. The number of benzene rings is 1. The predicted molar refractivity (Wildman–Crippen MR) is 161 cm³/mol. The number of carbonyl (C=O) groups is 3. The topological polar surface area (TPSA) is 101 Å². The van der Waals surface area contributed by atoms with Crippen molar-refractivity contribution in [1.82, 2.24) is 0 Å². The largest absolute Gasteiger partial charge is 0.511 e. The summed E-state index contributed by atoms with van der Waals surface area (Å²) in [6, 6.07) is 9.09. The summed E-state index contributed by atoms with van der Waals surface area (Å²) in [7, 11) is 0. The van der Waals surface area contributed by atoms with Crippen LogP contribution < -0.4 is 0 Å². The van der Waals surface area contributed by atoms with Gasteiger partial charge < -0.3 is 14.9 Å². The summed E-state index contributed by atoms with van der Waals surface area (Å²) in [5.74, 6) is -2.94. The first kappa shape index (κ1) is 32.1. The average Bonchev–Trinajstić information content (AvgIpc) is 2.90. The van der Waals surface area contributed by atoms with E-state index in [2.05, 4.69) is 26.0 Å². The van der Waals surface area contributed by atoms with E-state index >= 15 is 0 Å². The second-order valence-electron chi connectivity index (χ2n) is 12.4. The van der Waals surface area contributed by atoms with Crippen molar-refractivity contribution in [2.24, 2.45) is 17.3 Å². The lowest BCUT2D eigenvalue weighted by atomic mass is 9.62. The van der Waals surface area contributed by atoms with Crippen LogP contribution in [0.25, 0.3) is 0 Å². The molecule has 1 aromatic rings. The summed E-state index contributed by atoms with van der Waals surface area (Å²) in [6.45, 7) is 13.8. The fourth-order valence-corrected chi connectivity index (χ4v) is 5.73. The highest BCUT2D eigenvalue weighted by Gasteiger charge is 2.55. The van der Waals surface area contributed by atoms with Gasteiger partial charge in [0.05, 0.1) is 17.8 Å². The molecule has 0 saturated carbocycles. The van der Waals surface area contributed by atoms with Crippen molar-refractivity contribution in [3.05, 3.63) is 81.9 Å². The van der Waals surface area contributed by atoms with Gasteiger partial charge in [0.15, 0.2) is 11.6 Å². The number of aliphatic hydroxyl groups excluding tert-OH is 1. The molecule has 0 amide bonds. The molecule has 1 heterocycles. The van der Waals surface area contributed by atoms with Crippen LogP contribution in [0.15, 0.2) is 76.3 Å². The van der Waals surface area contributed by atoms with Gasteiger partial charge in [-0.2, -0.15) is 0 Å². The number of aliphatic carboxylic acids is 1. The fraction of sp³-hybridized carbons (Fsp3) is 0.514. The molecule has 2 N–H and O–H groups in total. The van der Waals surface area contributed by atoms with Gasteiger partial charge in [-0.25, -0.2) is 0 Å². The van der Waals surface area contributed by atoms with Crippen LogP contribution in [-0.4, -0.2) is 33.9 Å². The standard InChI is InChI=1S/C35H46O6/c1-21(2)12-11-13-23(5)17-19-35(18-16-22(3)4)33(39)29(27(20-28(36)37)26-14-9-8-10-15-26)32-30(34(35)40)31(38)24(6)25(7)41-32/h8-10,12-15,22,24-25,27,39H,11,16-20H2,1-7H3,(H,36,37)/t24-,25-,27-,35+/m1/s1. The number of carboxylic acid groups (broad SMARTS) is 1. The third-order valence-electron chi connectivity index (χ3n) is 8.53. The van der Waals surface area contributed by atoms with E-state index in [4.69, 9.17) is 4.74 Å². The summed E-state index contributed by atoms with van der Waals surface area (Å²) in [5, 5.41) is 22.2. The van der Waals surface area contributed by atoms with Crippen LogP contribution in [0, 0.1) is 17.3 Å². The average molecular weight is 563 g/mol. The van der Waals surface area contributed by atoms with Crippen LogP contribution in [0.1, 0.15) is 98.5 Å². The molecule has 0 bridgehead atoms. The van der Waals surface area contributed by atoms with Gasteiger partial charge in [-0.05, 0) is 71.3 Å². The number of ketones is 2. The van der Waals surface area contributed by atoms with Crippen molar-refractivity contribution in [2.75, 3.05) is 0 Å². The zero-order valence-electron chi connectivity index (χ0n) is 25.6. The molecule has 6 heteroatoms. The van der Waals surface area contributed by atoms with Crippen LogP contribution in [0.3, 0.4) is 0 Å². The zero-order valence-corrected chi connectivity index (χ0v) is 25.6. The number of rotatable bonds is 12. The Hall–Kier alpha value is -3.41. The number of ether oxygens (including phenoxy) is 1. The van der Waals surface area contributed by atoms with E-state index in [0.29, 0.717) is 31.2 Å². The highest BCUT2D eigenvalue weighted by Crippen LogP contribution is 2.53. The Bertz CT molecular complexity index is 1270. The van der Waals surface area contributed by atoms with Crippen LogP contribution in [-0.2, 0) is 19.1 Å². The van der Waals surface area contributed by atoms with Crippen LogP contribution in [0.2, 0.25) is 0 Å². The molecule has 1 aliphatic heterocycles. The van der Waals surface area contributed by atoms with Gasteiger partial charge in [0.1, 0.15) is 23.2 Å². The molecular weight excluding hydrogens is 516 g/mol. The normalized spacial score (nSPS) is 23.9. The maximum Gasteiger partial charge on any atom is 0.304 e. The number of carbonyl (C=O) groups excluding carboxylic acids is 2. The molecule has 1 aromatic carbocycles. The van der Waals surface area contributed by atoms with Gasteiger partial charge in [0, 0.05) is 11.5 Å². The van der Waals surface area contributed by atoms with Gasteiger partial charge in [-0.1, -0.05) is 74.4 Å². The Morgan fingerprint density at radius 2 is 1.71 bits per heavy atom. The van der Waals surface area contributed by atoms with E-state index in [9.17, 15) is 24.6 Å². The maximum atomic E-state index is 14.5. The molecule has 0 radical (unpaired) electrons. The first-order valence-corrected chi connectivity index (χ1v) is 14.8. The van der Waals surface area contributed by atoms with Crippen molar-refractivity contribution in [1.29, 1.82) is 0 Å². The molecule has 0 unspecified atom stereocenters. The van der Waals surface area contributed by atoms with Crippen molar-refractivity contribution in [3.8, 4) is 0 Å². The third-order valence-corrected chi connectivity index (χ3v) is 8.53. The van der Waals surface area contributed by atoms with Gasteiger partial charge in [-0.15, -0.1) is 0 Å². The zero-order chi connectivity index (χ0) is 30.5. The first-order valence-electron chi connectivity index (χ1n) is 14.8. The van der Waals surface area contributed by atoms with Gasteiger partial charge in [0.25, 0.3) is 0 Å². The number of aliphatic hydroxyl groups is 1. The lowest BCUT2D eigenvalue weighted by molar-refractivity contribution is -0.137. The number of carboxylic acids is 1. The summed E-state index contributed by atoms with van der Waals surface area (Å²) in [5.41, 5.74) is 1.87. The minimum Gasteiger partial charge on any atom is -0.511 e. The molecular formula is C35H46O6. The van der Waals surface area contributed by atoms with Gasteiger partial charge in [0.2, 0.25) is 0 Å². The summed E-state index contributed by atoms with van der Waals surface area (Å²) >= 11 is 0. The lowest BCUT2D eigenvalue weighted by Crippen LogP contribution is -2.47. The summed E-state index contributed by atoms with van der Waals surface area (Å²) in [6.07, 6.45) is 6.06. The molecule has 0 aromatic heterocycles. The minimum absolute atomic E-state index is 0.0235. The van der Waals surface area contributed by atoms with Crippen molar-refractivity contribution in [3.63, 3.8) is 0 Å². The van der Waals surface area contributed by atoms with Crippen LogP contribution in [0.4, 0.5) is 0 Å². The van der Waals surface area contributed by atoms with E-state index in [1.807, 2.05) is 51.1 Å². The van der Waals surface area contributed by atoms with E-state index in [-0.39, 0.29) is 40.8 Å². The highest BCUT2D eigenvalue weighted by atomic mass is 16.5. The van der Waals surface area contributed by atoms with Crippen molar-refractivity contribution >= 4 is 17.5 Å². The van der Waals surface area contributed by atoms with Crippen molar-refractivity contribution in [2.45, 2.75) is 99.0 Å². The number of Topliss-reactive ketones (excluding diaryl/α,β-unsaturated/α-hetero) is 2. The third kappa shape index (κ3) is 7.09. The Kier molecular flexibility index (Phi) is 10.6. The molecule has 41 heavy (non-hydrogen) atoms. The van der Waals surface area contributed by atoms with E-state index in [0.717, 1.165) is 12.0 Å². The predicted octanol–water partition coefficient (Wildman–Crippen LogP) is 8.02. The lowest BCUT2D eigenvalue weighted by Gasteiger charge is -2.43. The second-order valence-corrected chi connectivity index (χ2v) is 12.4. The molecule has 4 atom stereocenters. The van der Waals surface area contributed by atoms with Crippen molar-refractivity contribution < 1.29 is 29.3 Å². The number of hydrogen-bond acceptors (Lipinski definition) is 5.